The van der Waals surface area contributed by atoms with E-state index in [1.165, 1.54) is 6.07 Å². The molecule has 1 aromatic heterocycles. The van der Waals surface area contributed by atoms with E-state index in [9.17, 15) is 13.2 Å². The maximum Gasteiger partial charge on any atom is 0.262 e. The van der Waals surface area contributed by atoms with Crippen molar-refractivity contribution in [2.45, 2.75) is 24.7 Å². The number of hydrogen-bond acceptors (Lipinski definition) is 5. The van der Waals surface area contributed by atoms with Gasteiger partial charge in [-0.3, -0.25) is 9.52 Å². The molecule has 2 N–H and O–H groups in total. The van der Waals surface area contributed by atoms with Crippen molar-refractivity contribution in [2.24, 2.45) is 5.92 Å². The second-order valence-electron chi connectivity index (χ2n) is 7.14. The number of nitrogens with zero attached hydrogens (tertiary/aromatic N) is 2. The normalized spacial score (nSPS) is 14.9. The minimum atomic E-state index is -3.84. The van der Waals surface area contributed by atoms with Gasteiger partial charge in [0.25, 0.3) is 10.0 Å². The van der Waals surface area contributed by atoms with E-state index in [4.69, 9.17) is 11.6 Å². The van der Waals surface area contributed by atoms with E-state index in [2.05, 4.69) is 21.6 Å². The minimum absolute atomic E-state index is 0.0212. The van der Waals surface area contributed by atoms with Gasteiger partial charge in [-0.25, -0.2) is 13.4 Å². The Kier molecular flexibility index (Phi) is 6.99. The summed E-state index contributed by atoms with van der Waals surface area (Å²) in [4.78, 5) is 18.7. The zero-order valence-electron chi connectivity index (χ0n) is 16.8. The highest BCUT2D eigenvalue weighted by Crippen LogP contribution is 2.31. The molecule has 1 fully saturated rings. The van der Waals surface area contributed by atoms with Crippen LogP contribution in [0.1, 0.15) is 18.4 Å². The van der Waals surface area contributed by atoms with E-state index >= 15 is 0 Å². The molecule has 9 heteroatoms. The Morgan fingerprint density at radius 1 is 1.30 bits per heavy atom. The number of carbonyl (C=O) groups is 1. The molecule has 1 aromatic carbocycles. The number of sulfonamides is 1. The molecular weight excluding hydrogens is 424 g/mol. The van der Waals surface area contributed by atoms with Gasteiger partial charge in [-0.1, -0.05) is 23.7 Å². The summed E-state index contributed by atoms with van der Waals surface area (Å²) in [6.07, 6.45) is 4.61. The molecule has 2 heterocycles. The lowest BCUT2D eigenvalue weighted by Gasteiger charge is -2.33. The Morgan fingerprint density at radius 3 is 2.73 bits per heavy atom. The van der Waals surface area contributed by atoms with Gasteiger partial charge >= 0.3 is 0 Å². The number of anilines is 2. The van der Waals surface area contributed by atoms with E-state index in [1.54, 1.807) is 43.5 Å². The molecule has 160 valence electrons. The molecule has 0 spiro atoms. The van der Waals surface area contributed by atoms with Crippen molar-refractivity contribution in [1.29, 1.82) is 0 Å². The summed E-state index contributed by atoms with van der Waals surface area (Å²) >= 11 is 6.10. The first-order valence-electron chi connectivity index (χ1n) is 9.70. The molecule has 0 atom stereocenters. The third-order valence-electron chi connectivity index (χ3n) is 5.12. The summed E-state index contributed by atoms with van der Waals surface area (Å²) in [6.45, 7) is 6.94. The molecular formula is C21H25ClN4O3S. The van der Waals surface area contributed by atoms with Crippen molar-refractivity contribution in [3.8, 4) is 0 Å². The maximum atomic E-state index is 13.0. The van der Waals surface area contributed by atoms with Crippen molar-refractivity contribution in [1.82, 2.24) is 10.3 Å². The van der Waals surface area contributed by atoms with Gasteiger partial charge in [0.1, 0.15) is 0 Å². The van der Waals surface area contributed by atoms with Gasteiger partial charge in [-0.15, -0.1) is 6.58 Å². The van der Waals surface area contributed by atoms with Crippen LogP contribution < -0.4 is 14.9 Å². The lowest BCUT2D eigenvalue weighted by Crippen LogP contribution is -2.41. The molecule has 1 saturated heterocycles. The van der Waals surface area contributed by atoms with Gasteiger partial charge in [0.15, 0.2) is 5.82 Å². The first-order valence-corrected chi connectivity index (χ1v) is 11.6. The number of carbonyl (C=O) groups excluding carboxylic acids is 1. The molecule has 0 saturated carbocycles. The predicted octanol–water partition coefficient (Wildman–Crippen LogP) is 3.36. The van der Waals surface area contributed by atoms with Gasteiger partial charge < -0.3 is 10.2 Å². The van der Waals surface area contributed by atoms with E-state index in [0.717, 1.165) is 0 Å². The Hall–Kier alpha value is -2.58. The standard InChI is InChI=1S/C21H25ClN4O3S/c1-3-11-24-21(27)16-9-13-26(14-10-16)20-18(7-5-12-23-20)25-30(28,29)19-8-4-6-17(22)15(19)2/h3-8,12,16,25H,1,9-11,13-14H2,2H3,(H,24,27). The van der Waals surface area contributed by atoms with Crippen LogP contribution in [-0.4, -0.2) is 38.9 Å². The summed E-state index contributed by atoms with van der Waals surface area (Å²) in [5.74, 6) is 0.498. The lowest BCUT2D eigenvalue weighted by atomic mass is 9.96. The average Bonchev–Trinajstić information content (AvgIpc) is 2.74. The molecule has 1 aliphatic rings. The fraction of sp³-hybridized carbons (Fsp3) is 0.333. The molecule has 7 nitrogen and oxygen atoms in total. The molecule has 0 unspecified atom stereocenters. The van der Waals surface area contributed by atoms with Crippen LogP contribution in [0.3, 0.4) is 0 Å². The molecule has 30 heavy (non-hydrogen) atoms. The Labute approximate surface area is 182 Å². The van der Waals surface area contributed by atoms with Crippen LogP contribution >= 0.6 is 11.6 Å². The first-order chi connectivity index (χ1) is 14.3. The topological polar surface area (TPSA) is 91.4 Å². The minimum Gasteiger partial charge on any atom is -0.355 e. The monoisotopic (exact) mass is 448 g/mol. The van der Waals surface area contributed by atoms with Crippen LogP contribution in [0.25, 0.3) is 0 Å². The zero-order chi connectivity index (χ0) is 21.7. The van der Waals surface area contributed by atoms with Crippen LogP contribution in [-0.2, 0) is 14.8 Å². The molecule has 0 aliphatic carbocycles. The van der Waals surface area contributed by atoms with E-state index in [0.29, 0.717) is 54.6 Å². The van der Waals surface area contributed by atoms with Gasteiger partial charge in [0.05, 0.1) is 10.6 Å². The second kappa shape index (κ2) is 9.49. The number of amides is 1. The number of pyridine rings is 1. The van der Waals surface area contributed by atoms with E-state index in [-0.39, 0.29) is 16.7 Å². The smallest absolute Gasteiger partial charge is 0.262 e. The number of aromatic nitrogens is 1. The highest BCUT2D eigenvalue weighted by Gasteiger charge is 2.27. The van der Waals surface area contributed by atoms with Crippen molar-refractivity contribution < 1.29 is 13.2 Å². The highest BCUT2D eigenvalue weighted by atomic mass is 35.5. The van der Waals surface area contributed by atoms with Gasteiger partial charge in [-0.2, -0.15) is 0 Å². The fourth-order valence-electron chi connectivity index (χ4n) is 3.48. The quantitative estimate of drug-likeness (QED) is 0.633. The molecule has 1 amide bonds. The van der Waals surface area contributed by atoms with Crippen molar-refractivity contribution >= 4 is 39.0 Å². The summed E-state index contributed by atoms with van der Waals surface area (Å²) in [5, 5.41) is 3.22. The molecule has 3 rings (SSSR count). The zero-order valence-corrected chi connectivity index (χ0v) is 18.3. The first kappa shape index (κ1) is 22.1. The number of halogens is 1. The highest BCUT2D eigenvalue weighted by molar-refractivity contribution is 7.92. The summed E-state index contributed by atoms with van der Waals surface area (Å²) < 4.78 is 28.6. The van der Waals surface area contributed by atoms with Gasteiger partial charge in [0, 0.05) is 36.8 Å². The number of hydrogen-bond donors (Lipinski definition) is 2. The van der Waals surface area contributed by atoms with Crippen LogP contribution in [0.4, 0.5) is 11.5 Å². The summed E-state index contributed by atoms with van der Waals surface area (Å²) in [7, 11) is -3.84. The number of rotatable bonds is 7. The third kappa shape index (κ3) is 4.94. The molecule has 2 aromatic rings. The summed E-state index contributed by atoms with van der Waals surface area (Å²) in [6, 6.07) is 8.15. The molecule has 0 bridgehead atoms. The van der Waals surface area contributed by atoms with Crippen molar-refractivity contribution in [2.75, 3.05) is 29.3 Å². The molecule has 0 radical (unpaired) electrons. The summed E-state index contributed by atoms with van der Waals surface area (Å²) in [5.41, 5.74) is 0.884. The fourth-order valence-corrected chi connectivity index (χ4v) is 5.04. The maximum absolute atomic E-state index is 13.0. The largest absolute Gasteiger partial charge is 0.355 e. The van der Waals surface area contributed by atoms with Crippen LogP contribution in [0.15, 0.2) is 54.1 Å². The van der Waals surface area contributed by atoms with E-state index < -0.39 is 10.0 Å². The SMILES string of the molecule is C=CCNC(=O)C1CCN(c2ncccc2NS(=O)(=O)c2cccc(Cl)c2C)CC1. The van der Waals surface area contributed by atoms with Crippen molar-refractivity contribution in [3.63, 3.8) is 0 Å². The predicted molar refractivity (Wildman–Crippen MR) is 119 cm³/mol. The number of nitrogens with one attached hydrogen (secondary N) is 2. The molecule has 1 aliphatic heterocycles. The Balaban J connectivity index is 1.77. The lowest BCUT2D eigenvalue weighted by molar-refractivity contribution is -0.125. The van der Waals surface area contributed by atoms with Crippen LogP contribution in [0.5, 0.6) is 0 Å². The van der Waals surface area contributed by atoms with Crippen LogP contribution in [0.2, 0.25) is 5.02 Å². The van der Waals surface area contributed by atoms with Gasteiger partial charge in [0.2, 0.25) is 5.91 Å². The van der Waals surface area contributed by atoms with Crippen LogP contribution in [0, 0.1) is 12.8 Å². The Bertz CT molecular complexity index is 1030. The van der Waals surface area contributed by atoms with Crippen molar-refractivity contribution in [3.05, 3.63) is 59.8 Å². The average molecular weight is 449 g/mol. The number of benzene rings is 1. The second-order valence-corrected chi connectivity index (χ2v) is 9.20. The van der Waals surface area contributed by atoms with Gasteiger partial charge in [-0.05, 0) is 49.6 Å². The van der Waals surface area contributed by atoms with E-state index in [1.807, 2.05) is 4.90 Å². The third-order valence-corrected chi connectivity index (χ3v) is 7.04. The Morgan fingerprint density at radius 2 is 2.03 bits per heavy atom. The number of piperidine rings is 1.